The first kappa shape index (κ1) is 13.3. The summed E-state index contributed by atoms with van der Waals surface area (Å²) in [6.45, 7) is 4.95. The first-order chi connectivity index (χ1) is 9.11. The minimum atomic E-state index is 0.147. The molecule has 2 aromatic rings. The monoisotopic (exact) mass is 257 g/mol. The number of phenols is 1. The van der Waals surface area contributed by atoms with Crippen LogP contribution in [-0.4, -0.2) is 12.2 Å². The number of aryl methyl sites for hydroxylation is 2. The van der Waals surface area contributed by atoms with Gasteiger partial charge in [-0.3, -0.25) is 0 Å². The number of aromatic hydroxyl groups is 1. The van der Waals surface area contributed by atoms with E-state index in [0.717, 1.165) is 12.2 Å². The van der Waals surface area contributed by atoms with Crippen LogP contribution in [0.3, 0.4) is 0 Å². The Hall–Kier alpha value is -2.16. The lowest BCUT2D eigenvalue weighted by atomic mass is 10.0. The topological polar surface area (TPSA) is 41.5 Å². The molecule has 0 saturated heterocycles. The zero-order valence-corrected chi connectivity index (χ0v) is 11.5. The third kappa shape index (κ3) is 2.99. The molecule has 0 fully saturated rings. The van der Waals surface area contributed by atoms with Crippen LogP contribution in [0.25, 0.3) is 0 Å². The molecule has 0 bridgehead atoms. The number of phenolic OH excluding ortho intramolecular Hbond substituents is 1. The van der Waals surface area contributed by atoms with Crippen LogP contribution in [-0.2, 0) is 6.54 Å². The average molecular weight is 257 g/mol. The maximum absolute atomic E-state index is 9.73. The van der Waals surface area contributed by atoms with Crippen molar-refractivity contribution in [3.8, 4) is 11.5 Å². The van der Waals surface area contributed by atoms with Crippen LogP contribution in [0.4, 0.5) is 5.69 Å². The second kappa shape index (κ2) is 5.65. The summed E-state index contributed by atoms with van der Waals surface area (Å²) in [6, 6.07) is 11.6. The maximum atomic E-state index is 9.73. The van der Waals surface area contributed by atoms with E-state index < -0.39 is 0 Å². The van der Waals surface area contributed by atoms with E-state index >= 15 is 0 Å². The van der Waals surface area contributed by atoms with Gasteiger partial charge in [-0.2, -0.15) is 0 Å². The predicted molar refractivity (Wildman–Crippen MR) is 77.9 cm³/mol. The van der Waals surface area contributed by atoms with Gasteiger partial charge in [0, 0.05) is 18.3 Å². The molecular weight excluding hydrogens is 238 g/mol. The third-order valence-electron chi connectivity index (χ3n) is 3.29. The maximum Gasteiger partial charge on any atom is 0.160 e. The Kier molecular flexibility index (Phi) is 3.95. The molecule has 100 valence electrons. The van der Waals surface area contributed by atoms with Crippen molar-refractivity contribution < 1.29 is 9.84 Å². The molecule has 0 aliphatic heterocycles. The highest BCUT2D eigenvalue weighted by molar-refractivity contribution is 5.54. The Morgan fingerprint density at radius 1 is 1.11 bits per heavy atom. The number of anilines is 1. The van der Waals surface area contributed by atoms with Crippen molar-refractivity contribution in [3.05, 3.63) is 53.1 Å². The summed E-state index contributed by atoms with van der Waals surface area (Å²) < 4.78 is 5.02. The van der Waals surface area contributed by atoms with Crippen LogP contribution in [0.1, 0.15) is 16.7 Å². The highest BCUT2D eigenvalue weighted by Crippen LogP contribution is 2.29. The van der Waals surface area contributed by atoms with Gasteiger partial charge >= 0.3 is 0 Å². The minimum absolute atomic E-state index is 0.147. The number of rotatable bonds is 4. The highest BCUT2D eigenvalue weighted by Gasteiger charge is 2.04. The van der Waals surface area contributed by atoms with Crippen molar-refractivity contribution in [3.63, 3.8) is 0 Å². The predicted octanol–water partition coefficient (Wildman–Crippen LogP) is 3.63. The second-order valence-corrected chi connectivity index (χ2v) is 4.61. The highest BCUT2D eigenvalue weighted by atomic mass is 16.5. The van der Waals surface area contributed by atoms with Crippen molar-refractivity contribution in [2.45, 2.75) is 20.4 Å². The molecule has 0 aromatic heterocycles. The molecule has 2 N–H and O–H groups in total. The summed E-state index contributed by atoms with van der Waals surface area (Å²) in [4.78, 5) is 0. The minimum Gasteiger partial charge on any atom is -0.504 e. The number of hydrogen-bond acceptors (Lipinski definition) is 3. The van der Waals surface area contributed by atoms with Crippen molar-refractivity contribution in [2.24, 2.45) is 0 Å². The van der Waals surface area contributed by atoms with Gasteiger partial charge in [-0.25, -0.2) is 0 Å². The fraction of sp³-hybridized carbons (Fsp3) is 0.250. The van der Waals surface area contributed by atoms with E-state index in [1.165, 1.54) is 16.7 Å². The van der Waals surface area contributed by atoms with E-state index in [2.05, 4.69) is 37.4 Å². The zero-order valence-electron chi connectivity index (χ0n) is 11.5. The van der Waals surface area contributed by atoms with E-state index in [0.29, 0.717) is 5.75 Å². The molecule has 0 unspecified atom stereocenters. The van der Waals surface area contributed by atoms with Crippen molar-refractivity contribution >= 4 is 5.69 Å². The molecule has 0 amide bonds. The standard InChI is InChI=1S/C16H19NO2/c1-11-5-4-6-12(2)14(11)10-17-13-7-8-16(19-3)15(18)9-13/h4-9,17-18H,10H2,1-3H3. The van der Waals surface area contributed by atoms with Gasteiger partial charge in [0.2, 0.25) is 0 Å². The lowest BCUT2D eigenvalue weighted by Crippen LogP contribution is -2.03. The molecule has 0 aliphatic carbocycles. The molecule has 19 heavy (non-hydrogen) atoms. The normalized spacial score (nSPS) is 10.3. The zero-order chi connectivity index (χ0) is 13.8. The fourth-order valence-corrected chi connectivity index (χ4v) is 2.12. The largest absolute Gasteiger partial charge is 0.504 e. The molecule has 2 aromatic carbocycles. The molecule has 0 atom stereocenters. The number of benzene rings is 2. The Labute approximate surface area is 113 Å². The van der Waals surface area contributed by atoms with Gasteiger partial charge in [0.15, 0.2) is 11.5 Å². The Morgan fingerprint density at radius 2 is 1.79 bits per heavy atom. The number of methoxy groups -OCH3 is 1. The Balaban J connectivity index is 2.13. The Bertz CT molecular complexity index is 559. The van der Waals surface area contributed by atoms with Crippen LogP contribution in [0, 0.1) is 13.8 Å². The van der Waals surface area contributed by atoms with E-state index in [1.54, 1.807) is 19.2 Å². The SMILES string of the molecule is COc1ccc(NCc2c(C)cccc2C)cc1O. The van der Waals surface area contributed by atoms with Crippen LogP contribution < -0.4 is 10.1 Å². The summed E-state index contributed by atoms with van der Waals surface area (Å²) in [5, 5.41) is 13.1. The number of ether oxygens (including phenoxy) is 1. The van der Waals surface area contributed by atoms with E-state index in [4.69, 9.17) is 4.74 Å². The van der Waals surface area contributed by atoms with Gasteiger partial charge in [0.25, 0.3) is 0 Å². The fourth-order valence-electron chi connectivity index (χ4n) is 2.12. The van der Waals surface area contributed by atoms with Gasteiger partial charge in [-0.05, 0) is 42.7 Å². The molecule has 0 saturated carbocycles. The lowest BCUT2D eigenvalue weighted by Gasteiger charge is -2.12. The summed E-state index contributed by atoms with van der Waals surface area (Å²) in [7, 11) is 1.54. The van der Waals surface area contributed by atoms with Gasteiger partial charge in [-0.15, -0.1) is 0 Å². The van der Waals surface area contributed by atoms with Crippen molar-refractivity contribution in [1.29, 1.82) is 0 Å². The summed E-state index contributed by atoms with van der Waals surface area (Å²) >= 11 is 0. The van der Waals surface area contributed by atoms with Gasteiger partial charge in [0.05, 0.1) is 7.11 Å². The quantitative estimate of drug-likeness (QED) is 0.878. The van der Waals surface area contributed by atoms with Crippen LogP contribution >= 0.6 is 0 Å². The van der Waals surface area contributed by atoms with E-state index in [9.17, 15) is 5.11 Å². The summed E-state index contributed by atoms with van der Waals surface area (Å²) in [5.74, 6) is 0.631. The molecular formula is C16H19NO2. The first-order valence-corrected chi connectivity index (χ1v) is 6.28. The summed E-state index contributed by atoms with van der Waals surface area (Å²) in [5.41, 5.74) is 4.70. The van der Waals surface area contributed by atoms with Crippen molar-refractivity contribution in [1.82, 2.24) is 0 Å². The Morgan fingerprint density at radius 3 is 2.37 bits per heavy atom. The molecule has 0 heterocycles. The number of nitrogens with one attached hydrogen (secondary N) is 1. The van der Waals surface area contributed by atoms with Crippen LogP contribution in [0.15, 0.2) is 36.4 Å². The van der Waals surface area contributed by atoms with Gasteiger partial charge in [0.1, 0.15) is 0 Å². The van der Waals surface area contributed by atoms with Crippen LogP contribution in [0.5, 0.6) is 11.5 Å². The molecule has 3 heteroatoms. The smallest absolute Gasteiger partial charge is 0.160 e. The van der Waals surface area contributed by atoms with E-state index in [-0.39, 0.29) is 5.75 Å². The molecule has 2 rings (SSSR count). The lowest BCUT2D eigenvalue weighted by molar-refractivity contribution is 0.373. The molecule has 3 nitrogen and oxygen atoms in total. The van der Waals surface area contributed by atoms with E-state index in [1.807, 2.05) is 6.07 Å². The third-order valence-corrected chi connectivity index (χ3v) is 3.29. The first-order valence-electron chi connectivity index (χ1n) is 6.28. The molecule has 0 aliphatic rings. The molecule has 0 spiro atoms. The van der Waals surface area contributed by atoms with Gasteiger partial charge in [-0.1, -0.05) is 18.2 Å². The second-order valence-electron chi connectivity index (χ2n) is 4.61. The number of hydrogen-bond donors (Lipinski definition) is 2. The van der Waals surface area contributed by atoms with Crippen molar-refractivity contribution in [2.75, 3.05) is 12.4 Å². The summed E-state index contributed by atoms with van der Waals surface area (Å²) in [6.07, 6.45) is 0. The van der Waals surface area contributed by atoms with Gasteiger partial charge < -0.3 is 15.2 Å². The molecule has 0 radical (unpaired) electrons. The van der Waals surface area contributed by atoms with Crippen LogP contribution in [0.2, 0.25) is 0 Å². The average Bonchev–Trinajstić information content (AvgIpc) is 2.38.